The Labute approximate surface area is 82.7 Å². The lowest BCUT2D eigenvalue weighted by atomic mass is 10.2. The monoisotopic (exact) mass is 222 g/mol. The van der Waals surface area contributed by atoms with Gasteiger partial charge in [-0.2, -0.15) is 0 Å². The molecule has 7 heteroatoms. The molecule has 14 heavy (non-hydrogen) atoms. The quantitative estimate of drug-likeness (QED) is 0.615. The summed E-state index contributed by atoms with van der Waals surface area (Å²) >= 11 is 0. The third-order valence-corrected chi connectivity index (χ3v) is 3.74. The maximum Gasteiger partial charge on any atom is 0.407 e. The van der Waals surface area contributed by atoms with Crippen molar-refractivity contribution in [2.24, 2.45) is 5.73 Å². The normalized spacial score (nSPS) is 29.9. The number of rotatable bonds is 2. The van der Waals surface area contributed by atoms with Crippen LogP contribution in [0.5, 0.6) is 0 Å². The Balaban J connectivity index is 2.51. The van der Waals surface area contributed by atoms with Crippen LogP contribution in [0, 0.1) is 0 Å². The Morgan fingerprint density at radius 3 is 2.64 bits per heavy atom. The van der Waals surface area contributed by atoms with Crippen LogP contribution in [-0.2, 0) is 14.6 Å². The number of nitrogens with two attached hydrogens (primary N) is 1. The van der Waals surface area contributed by atoms with Crippen LogP contribution in [-0.4, -0.2) is 44.7 Å². The average molecular weight is 222 g/mol. The maximum atomic E-state index is 11.1. The molecule has 6 nitrogen and oxygen atoms in total. The largest absolute Gasteiger partial charge is 0.450 e. The minimum atomic E-state index is -3.10. The van der Waals surface area contributed by atoms with Crippen molar-refractivity contribution in [1.82, 2.24) is 5.32 Å². The summed E-state index contributed by atoms with van der Waals surface area (Å²) in [5.74, 6) is -0.183. The van der Waals surface area contributed by atoms with E-state index in [9.17, 15) is 13.2 Å². The highest BCUT2D eigenvalue weighted by Gasteiger charge is 2.36. The fraction of sp³-hybridized carbons (Fsp3) is 0.857. The van der Waals surface area contributed by atoms with Gasteiger partial charge in [-0.3, -0.25) is 0 Å². The second-order valence-corrected chi connectivity index (χ2v) is 5.37. The maximum absolute atomic E-state index is 11.1. The zero-order valence-corrected chi connectivity index (χ0v) is 8.71. The second-order valence-electron chi connectivity index (χ2n) is 3.21. The molecule has 0 aromatic carbocycles. The SMILES string of the molecule is CCOC(=O)N[C@H]1CS(=O)(=O)C[C@H]1N. The van der Waals surface area contributed by atoms with Crippen LogP contribution in [0.15, 0.2) is 0 Å². The molecule has 0 saturated carbocycles. The van der Waals surface area contributed by atoms with Gasteiger partial charge >= 0.3 is 6.09 Å². The lowest BCUT2D eigenvalue weighted by Gasteiger charge is -2.14. The summed E-state index contributed by atoms with van der Waals surface area (Å²) in [5, 5.41) is 2.42. The first-order valence-corrected chi connectivity index (χ1v) is 6.16. The average Bonchev–Trinajstić information content (AvgIpc) is 2.25. The van der Waals surface area contributed by atoms with Gasteiger partial charge < -0.3 is 15.8 Å². The molecule has 1 saturated heterocycles. The van der Waals surface area contributed by atoms with Crippen molar-refractivity contribution >= 4 is 15.9 Å². The molecule has 3 N–H and O–H groups in total. The van der Waals surface area contributed by atoms with Gasteiger partial charge in [-0.1, -0.05) is 0 Å². The molecule has 2 atom stereocenters. The summed E-state index contributed by atoms with van der Waals surface area (Å²) in [6.45, 7) is 1.92. The van der Waals surface area contributed by atoms with Crippen molar-refractivity contribution in [1.29, 1.82) is 0 Å². The third kappa shape index (κ3) is 2.85. The van der Waals surface area contributed by atoms with Gasteiger partial charge in [-0.15, -0.1) is 0 Å². The van der Waals surface area contributed by atoms with Gasteiger partial charge in [0.25, 0.3) is 0 Å². The molecule has 0 aliphatic carbocycles. The number of hydrogen-bond acceptors (Lipinski definition) is 5. The smallest absolute Gasteiger partial charge is 0.407 e. The van der Waals surface area contributed by atoms with Crippen LogP contribution in [0.25, 0.3) is 0 Å². The Kier molecular flexibility index (Phi) is 3.33. The van der Waals surface area contributed by atoms with Crippen molar-refractivity contribution in [3.8, 4) is 0 Å². The summed E-state index contributed by atoms with van der Waals surface area (Å²) in [5.41, 5.74) is 5.55. The van der Waals surface area contributed by atoms with E-state index < -0.39 is 28.0 Å². The topological polar surface area (TPSA) is 98.5 Å². The van der Waals surface area contributed by atoms with Crippen LogP contribution in [0.1, 0.15) is 6.92 Å². The van der Waals surface area contributed by atoms with E-state index in [1.807, 2.05) is 0 Å². The van der Waals surface area contributed by atoms with E-state index in [0.717, 1.165) is 0 Å². The number of sulfone groups is 1. The number of ether oxygens (including phenoxy) is 1. The van der Waals surface area contributed by atoms with Crippen molar-refractivity contribution < 1.29 is 17.9 Å². The van der Waals surface area contributed by atoms with Crippen LogP contribution in [0.4, 0.5) is 4.79 Å². The van der Waals surface area contributed by atoms with E-state index in [1.54, 1.807) is 6.92 Å². The fourth-order valence-corrected chi connectivity index (χ4v) is 3.18. The lowest BCUT2D eigenvalue weighted by molar-refractivity contribution is 0.148. The van der Waals surface area contributed by atoms with E-state index in [4.69, 9.17) is 5.73 Å². The van der Waals surface area contributed by atoms with E-state index in [2.05, 4.69) is 10.1 Å². The Hall–Kier alpha value is -0.820. The molecule has 1 heterocycles. The summed E-state index contributed by atoms with van der Waals surface area (Å²) in [4.78, 5) is 11.0. The standard InChI is InChI=1S/C7H14N2O4S/c1-2-13-7(10)9-6-4-14(11,12)3-5(6)8/h5-6H,2-4,8H2,1H3,(H,9,10)/t5-,6+/m1/s1. The highest BCUT2D eigenvalue weighted by molar-refractivity contribution is 7.91. The molecular formula is C7H14N2O4S. The van der Waals surface area contributed by atoms with Crippen molar-refractivity contribution in [2.75, 3.05) is 18.1 Å². The molecule has 0 aromatic heterocycles. The summed E-state index contributed by atoms with van der Waals surface area (Å²) in [7, 11) is -3.10. The number of carbonyl (C=O) groups is 1. The number of nitrogens with one attached hydrogen (secondary N) is 1. The molecule has 0 bridgehead atoms. The number of alkyl carbamates (subject to hydrolysis) is 1. The van der Waals surface area contributed by atoms with E-state index >= 15 is 0 Å². The minimum absolute atomic E-state index is 0.0793. The van der Waals surface area contributed by atoms with Crippen LogP contribution >= 0.6 is 0 Å². The highest BCUT2D eigenvalue weighted by atomic mass is 32.2. The Morgan fingerprint density at radius 1 is 1.57 bits per heavy atom. The van der Waals surface area contributed by atoms with Crippen molar-refractivity contribution in [2.45, 2.75) is 19.0 Å². The van der Waals surface area contributed by atoms with E-state index in [0.29, 0.717) is 0 Å². The van der Waals surface area contributed by atoms with Gasteiger partial charge in [0.15, 0.2) is 9.84 Å². The van der Waals surface area contributed by atoms with Gasteiger partial charge in [0.2, 0.25) is 0 Å². The molecule has 0 aromatic rings. The van der Waals surface area contributed by atoms with Gasteiger partial charge in [0.05, 0.1) is 24.2 Å². The molecule has 82 valence electrons. The molecule has 0 unspecified atom stereocenters. The molecule has 0 radical (unpaired) electrons. The first-order valence-electron chi connectivity index (χ1n) is 4.34. The molecule has 1 rings (SSSR count). The summed E-state index contributed by atoms with van der Waals surface area (Å²) < 4.78 is 26.9. The number of amides is 1. The molecule has 1 fully saturated rings. The Morgan fingerprint density at radius 2 is 2.21 bits per heavy atom. The lowest BCUT2D eigenvalue weighted by Crippen LogP contribution is -2.46. The predicted molar refractivity (Wildman–Crippen MR) is 50.6 cm³/mol. The zero-order chi connectivity index (χ0) is 10.8. The highest BCUT2D eigenvalue weighted by Crippen LogP contribution is 2.10. The second kappa shape index (κ2) is 4.14. The van der Waals surface area contributed by atoms with Gasteiger partial charge in [0.1, 0.15) is 0 Å². The van der Waals surface area contributed by atoms with Crippen molar-refractivity contribution in [3.63, 3.8) is 0 Å². The van der Waals surface area contributed by atoms with Crippen molar-refractivity contribution in [3.05, 3.63) is 0 Å². The molecular weight excluding hydrogens is 208 g/mol. The first kappa shape index (κ1) is 11.3. The molecule has 1 amide bonds. The van der Waals surface area contributed by atoms with Gasteiger partial charge in [0, 0.05) is 6.04 Å². The predicted octanol–water partition coefficient (Wildman–Crippen LogP) is -1.14. The summed E-state index contributed by atoms with van der Waals surface area (Å²) in [6.07, 6.45) is -0.620. The van der Waals surface area contributed by atoms with Crippen LogP contribution in [0.2, 0.25) is 0 Å². The molecule has 0 spiro atoms. The number of hydrogen-bond donors (Lipinski definition) is 2. The molecule has 1 aliphatic rings. The fourth-order valence-electron chi connectivity index (χ4n) is 1.35. The Bertz CT molecular complexity index is 314. The number of carbonyl (C=O) groups excluding carboxylic acids is 1. The minimum Gasteiger partial charge on any atom is -0.450 e. The summed E-state index contributed by atoms with van der Waals surface area (Å²) in [6, 6.07) is -1.07. The molecule has 1 aliphatic heterocycles. The van der Waals surface area contributed by atoms with E-state index in [1.165, 1.54) is 0 Å². The van der Waals surface area contributed by atoms with E-state index in [-0.39, 0.29) is 18.1 Å². The third-order valence-electron chi connectivity index (χ3n) is 1.98. The van der Waals surface area contributed by atoms with Gasteiger partial charge in [-0.05, 0) is 6.92 Å². The first-order chi connectivity index (χ1) is 6.44. The van der Waals surface area contributed by atoms with Crippen LogP contribution in [0.3, 0.4) is 0 Å². The van der Waals surface area contributed by atoms with Crippen LogP contribution < -0.4 is 11.1 Å². The van der Waals surface area contributed by atoms with Gasteiger partial charge in [-0.25, -0.2) is 13.2 Å². The zero-order valence-electron chi connectivity index (χ0n) is 7.89.